The lowest BCUT2D eigenvalue weighted by Crippen LogP contribution is -2.57. The molecule has 3 aliphatic carbocycles. The molecule has 2 saturated carbocycles. The van der Waals surface area contributed by atoms with Crippen LogP contribution in [0.3, 0.4) is 0 Å². The lowest BCUT2D eigenvalue weighted by atomic mass is 9.89. The van der Waals surface area contributed by atoms with Gasteiger partial charge in [0.1, 0.15) is 17.9 Å². The summed E-state index contributed by atoms with van der Waals surface area (Å²) in [6.45, 7) is 8.08. The molecule has 15 heteroatoms. The summed E-state index contributed by atoms with van der Waals surface area (Å²) in [6.07, 6.45) is 7.96. The number of benzene rings is 2. The average molecular weight is 838 g/mol. The van der Waals surface area contributed by atoms with Crippen molar-refractivity contribution >= 4 is 35.3 Å². The van der Waals surface area contributed by atoms with Gasteiger partial charge in [-0.15, -0.1) is 0 Å². The van der Waals surface area contributed by atoms with Crippen molar-refractivity contribution in [2.75, 3.05) is 20.8 Å². The molecule has 61 heavy (non-hydrogen) atoms. The molecule has 0 unspecified atom stereocenters. The molecule has 3 aromatic rings. The number of imidazole rings is 1. The zero-order valence-electron chi connectivity index (χ0n) is 35.4. The molecular formula is C46H53F2N7O6. The first-order valence-corrected chi connectivity index (χ1v) is 21.4. The standard InChI is InChI=1S/C46H53F2N7O6/c1-23(2)37(52-43(58)60-5)41(56)54-22-45(13-14-45)19-36(54)40-50-21-35(51-40)26-9-12-31-30-11-8-25(16-32(30)46(47,48)33(31)17-26)28-18-34(49-20-28)39-27-7-10-29(15-27)55(39)42(57)38(24(3)4)53-44(59)61-6/h8-9,11-12,16-17,20-21,23-24,27,29,36-39H,7,10,13-15,18-19,22H2,1-6H3,(H,50,51)(H,52,58)(H,53,59)/t27-,29+,36-,37-,38-,39-/m0/s1. The molecule has 4 heterocycles. The van der Waals surface area contributed by atoms with Crippen molar-refractivity contribution in [1.29, 1.82) is 0 Å². The van der Waals surface area contributed by atoms with E-state index in [1.165, 1.54) is 20.3 Å². The van der Waals surface area contributed by atoms with E-state index in [4.69, 9.17) is 14.5 Å². The predicted molar refractivity (Wildman–Crippen MR) is 223 cm³/mol. The number of alkyl carbamates (subject to hydrolysis) is 2. The molecule has 322 valence electrons. The van der Waals surface area contributed by atoms with E-state index < -0.39 is 30.2 Å². The maximum atomic E-state index is 16.6. The summed E-state index contributed by atoms with van der Waals surface area (Å²) >= 11 is 0. The number of fused-ring (bicyclic) bond motifs is 5. The van der Waals surface area contributed by atoms with Gasteiger partial charge >= 0.3 is 12.2 Å². The molecule has 2 aromatic carbocycles. The van der Waals surface area contributed by atoms with Gasteiger partial charge in [0.2, 0.25) is 11.8 Å². The smallest absolute Gasteiger partial charge is 0.407 e. The number of nitrogens with zero attached hydrogens (tertiary/aromatic N) is 4. The number of allylic oxidation sites excluding steroid dienone is 1. The lowest BCUT2D eigenvalue weighted by Gasteiger charge is -2.38. The molecule has 2 bridgehead atoms. The van der Waals surface area contributed by atoms with Crippen molar-refractivity contribution in [1.82, 2.24) is 30.4 Å². The van der Waals surface area contributed by atoms with Gasteiger partial charge in [-0.25, -0.2) is 14.6 Å². The second kappa shape index (κ2) is 15.1. The number of amides is 4. The maximum Gasteiger partial charge on any atom is 0.407 e. The summed E-state index contributed by atoms with van der Waals surface area (Å²) in [5.41, 5.74) is 4.21. The highest BCUT2D eigenvalue weighted by Gasteiger charge is 2.56. The summed E-state index contributed by atoms with van der Waals surface area (Å²) < 4.78 is 42.8. The van der Waals surface area contributed by atoms with Crippen LogP contribution in [0.1, 0.15) is 101 Å². The first-order chi connectivity index (χ1) is 29.1. The number of nitrogens with one attached hydrogen (secondary N) is 3. The molecule has 9 rings (SSSR count). The molecular weight excluding hydrogens is 785 g/mol. The lowest BCUT2D eigenvalue weighted by molar-refractivity contribution is -0.137. The van der Waals surface area contributed by atoms with Gasteiger partial charge in [-0.05, 0) is 96.1 Å². The van der Waals surface area contributed by atoms with Crippen molar-refractivity contribution in [3.8, 4) is 22.4 Å². The van der Waals surface area contributed by atoms with Crippen LogP contribution in [-0.2, 0) is 25.0 Å². The van der Waals surface area contributed by atoms with E-state index in [-0.39, 0.29) is 64.2 Å². The Labute approximate surface area is 353 Å². The first-order valence-electron chi connectivity index (χ1n) is 21.4. The van der Waals surface area contributed by atoms with Crippen LogP contribution in [0.15, 0.2) is 53.8 Å². The van der Waals surface area contributed by atoms with E-state index in [9.17, 15) is 19.2 Å². The highest BCUT2D eigenvalue weighted by molar-refractivity contribution is 6.04. The number of hydrogen-bond acceptors (Lipinski definition) is 8. The number of halogens is 2. The van der Waals surface area contributed by atoms with Gasteiger partial charge in [-0.3, -0.25) is 14.6 Å². The van der Waals surface area contributed by atoms with Crippen LogP contribution in [0, 0.1) is 23.2 Å². The minimum atomic E-state index is -3.28. The molecule has 3 aliphatic heterocycles. The number of H-pyrrole nitrogens is 1. The summed E-state index contributed by atoms with van der Waals surface area (Å²) in [6, 6.07) is 8.23. The molecule has 6 atom stereocenters. The fraction of sp³-hybridized carbons (Fsp3) is 0.522. The van der Waals surface area contributed by atoms with Gasteiger partial charge < -0.3 is 34.9 Å². The van der Waals surface area contributed by atoms with Crippen LogP contribution in [0.5, 0.6) is 0 Å². The molecule has 1 aromatic heterocycles. The number of hydrogen-bond donors (Lipinski definition) is 3. The van der Waals surface area contributed by atoms with Crippen molar-refractivity contribution in [2.24, 2.45) is 28.2 Å². The van der Waals surface area contributed by atoms with Crippen LogP contribution in [-0.4, -0.2) is 94.4 Å². The Morgan fingerprint density at radius 3 is 2.11 bits per heavy atom. The maximum absolute atomic E-state index is 16.6. The van der Waals surface area contributed by atoms with E-state index in [0.29, 0.717) is 46.7 Å². The summed E-state index contributed by atoms with van der Waals surface area (Å²) in [5, 5.41) is 5.43. The number of piperidine rings is 1. The van der Waals surface area contributed by atoms with Gasteiger partial charge in [0.05, 0.1) is 38.2 Å². The fourth-order valence-electron chi connectivity index (χ4n) is 10.6. The summed E-state index contributed by atoms with van der Waals surface area (Å²) in [7, 11) is 2.54. The molecule has 3 N–H and O–H groups in total. The Hall–Kier alpha value is -5.60. The van der Waals surface area contributed by atoms with E-state index in [2.05, 4.69) is 20.6 Å². The van der Waals surface area contributed by atoms with Crippen LogP contribution < -0.4 is 10.6 Å². The minimum Gasteiger partial charge on any atom is -0.453 e. The topological polar surface area (TPSA) is 158 Å². The quantitative estimate of drug-likeness (QED) is 0.190. The number of aromatic amines is 1. The monoisotopic (exact) mass is 837 g/mol. The summed E-state index contributed by atoms with van der Waals surface area (Å²) in [4.78, 5) is 68.9. The van der Waals surface area contributed by atoms with Crippen LogP contribution in [0.2, 0.25) is 0 Å². The van der Waals surface area contributed by atoms with Crippen LogP contribution in [0.4, 0.5) is 18.4 Å². The van der Waals surface area contributed by atoms with Gasteiger partial charge in [0.25, 0.3) is 5.92 Å². The number of rotatable bonds is 10. The largest absolute Gasteiger partial charge is 0.453 e. The highest BCUT2D eigenvalue weighted by atomic mass is 19.3. The molecule has 13 nitrogen and oxygen atoms in total. The number of carbonyl (C=O) groups excluding carboxylic acids is 4. The third kappa shape index (κ3) is 6.97. The Balaban J connectivity index is 0.924. The van der Waals surface area contributed by atoms with E-state index in [1.807, 2.05) is 44.7 Å². The molecule has 4 amide bonds. The normalized spacial score (nSPS) is 24.7. The SMILES string of the molecule is COC(=O)N[C@H](C(=O)N1CC2(CC2)C[C@H]1c1ncc(-c2ccc3c(c2)C(F)(F)c2cc(C4=CN=C([C@@H]5[C@H]6CC[C@H](C6)N5C(=O)[C@@H](NC(=O)OC)C(C)C)C4)ccc2-3)[nH]1)C(C)C. The number of methoxy groups -OCH3 is 2. The molecule has 6 aliphatic rings. The Bertz CT molecular complexity index is 2370. The first kappa shape index (κ1) is 40.8. The number of alkyl halides is 2. The van der Waals surface area contributed by atoms with Crippen LogP contribution in [0.25, 0.3) is 28.0 Å². The number of likely N-dealkylation sites (tertiary alicyclic amines) is 2. The Morgan fingerprint density at radius 2 is 1.49 bits per heavy atom. The van der Waals surface area contributed by atoms with Crippen LogP contribution >= 0.6 is 0 Å². The minimum absolute atomic E-state index is 0.0136. The van der Waals surface area contributed by atoms with Crippen molar-refractivity contribution in [2.45, 2.75) is 109 Å². The molecule has 4 fully saturated rings. The van der Waals surface area contributed by atoms with E-state index in [0.717, 1.165) is 49.8 Å². The number of ether oxygens (including phenoxy) is 2. The van der Waals surface area contributed by atoms with Gasteiger partial charge in [-0.1, -0.05) is 52.0 Å². The number of carbonyl (C=O) groups is 4. The predicted octanol–water partition coefficient (Wildman–Crippen LogP) is 7.58. The highest BCUT2D eigenvalue weighted by Crippen LogP contribution is 2.59. The third-order valence-electron chi connectivity index (χ3n) is 14.1. The third-order valence-corrected chi connectivity index (χ3v) is 14.1. The van der Waals surface area contributed by atoms with Gasteiger partial charge in [-0.2, -0.15) is 8.78 Å². The number of aromatic nitrogens is 2. The second-order valence-corrected chi connectivity index (χ2v) is 18.5. The van der Waals surface area contributed by atoms with E-state index >= 15 is 8.78 Å². The summed E-state index contributed by atoms with van der Waals surface area (Å²) in [5.74, 6) is -3.15. The zero-order chi connectivity index (χ0) is 43.1. The fourth-order valence-corrected chi connectivity index (χ4v) is 10.6. The van der Waals surface area contributed by atoms with E-state index in [1.54, 1.807) is 35.5 Å². The van der Waals surface area contributed by atoms with Gasteiger partial charge in [0, 0.05) is 47.6 Å². The second-order valence-electron chi connectivity index (χ2n) is 18.5. The van der Waals surface area contributed by atoms with Crippen molar-refractivity contribution in [3.05, 3.63) is 71.3 Å². The molecule has 1 spiro atoms. The Morgan fingerprint density at radius 1 is 0.869 bits per heavy atom. The van der Waals surface area contributed by atoms with Crippen molar-refractivity contribution < 1.29 is 37.4 Å². The zero-order valence-corrected chi connectivity index (χ0v) is 35.4. The van der Waals surface area contributed by atoms with Gasteiger partial charge in [0.15, 0.2) is 0 Å². The number of aliphatic imine (C=N–C) groups is 1. The molecule has 0 radical (unpaired) electrons. The Kier molecular flexibility index (Phi) is 10.1. The molecule has 2 saturated heterocycles. The average Bonchev–Trinajstić information content (AvgIpc) is 3.93. The van der Waals surface area contributed by atoms with Crippen molar-refractivity contribution in [3.63, 3.8) is 0 Å².